The number of nitrogens with one attached hydrogen (secondary N) is 1. The van der Waals surface area contributed by atoms with Crippen LogP contribution in [0.5, 0.6) is 0 Å². The SMILES string of the molecule is CC[C@H](C(=O)NC)N(Cc1c(Cl)cccc1Cl)C(=O)CN(c1cc(C)ccc1C)S(=O)(=O)c1ccc(C)cc1. The van der Waals surface area contributed by atoms with Crippen molar-refractivity contribution >= 4 is 50.7 Å². The second kappa shape index (κ2) is 12.9. The Hall–Kier alpha value is -3.07. The molecule has 3 aromatic rings. The van der Waals surface area contributed by atoms with Crippen molar-refractivity contribution in [3.05, 3.63) is 93.0 Å². The van der Waals surface area contributed by atoms with Gasteiger partial charge in [0.15, 0.2) is 0 Å². The van der Waals surface area contributed by atoms with Crippen LogP contribution in [0.25, 0.3) is 0 Å². The maximum Gasteiger partial charge on any atom is 0.264 e. The van der Waals surface area contributed by atoms with Crippen LogP contribution in [0.1, 0.15) is 35.6 Å². The zero-order valence-corrected chi connectivity index (χ0v) is 25.0. The van der Waals surface area contributed by atoms with Gasteiger partial charge in [-0.3, -0.25) is 13.9 Å². The number of carbonyl (C=O) groups excluding carboxylic acids is 2. The molecule has 3 rings (SSSR count). The van der Waals surface area contributed by atoms with Crippen molar-refractivity contribution < 1.29 is 18.0 Å². The Balaban J connectivity index is 2.14. The molecule has 0 spiro atoms. The van der Waals surface area contributed by atoms with Gasteiger partial charge in [0.2, 0.25) is 11.8 Å². The molecule has 1 N–H and O–H groups in total. The van der Waals surface area contributed by atoms with Crippen LogP contribution in [0.3, 0.4) is 0 Å². The third-order valence-corrected chi connectivity index (χ3v) is 9.03. The highest BCUT2D eigenvalue weighted by atomic mass is 35.5. The quantitative estimate of drug-likeness (QED) is 0.330. The van der Waals surface area contributed by atoms with E-state index in [-0.39, 0.29) is 17.3 Å². The number of amides is 2. The van der Waals surface area contributed by atoms with E-state index in [0.717, 1.165) is 15.4 Å². The molecule has 0 bridgehead atoms. The van der Waals surface area contributed by atoms with E-state index in [4.69, 9.17) is 23.2 Å². The minimum absolute atomic E-state index is 0.0563. The Bertz CT molecular complexity index is 1440. The Morgan fingerprint density at radius 3 is 2.08 bits per heavy atom. The largest absolute Gasteiger partial charge is 0.357 e. The average Bonchev–Trinajstić information content (AvgIpc) is 2.90. The van der Waals surface area contributed by atoms with Crippen LogP contribution in [-0.2, 0) is 26.2 Å². The topological polar surface area (TPSA) is 86.8 Å². The van der Waals surface area contributed by atoms with E-state index in [1.807, 2.05) is 26.0 Å². The van der Waals surface area contributed by atoms with Crippen LogP contribution in [0.2, 0.25) is 10.0 Å². The predicted molar refractivity (Wildman–Crippen MR) is 157 cm³/mol. The third-order valence-electron chi connectivity index (χ3n) is 6.54. The van der Waals surface area contributed by atoms with E-state index >= 15 is 0 Å². The minimum atomic E-state index is -4.15. The smallest absolute Gasteiger partial charge is 0.264 e. The number of anilines is 1. The van der Waals surface area contributed by atoms with Crippen molar-refractivity contribution in [3.63, 3.8) is 0 Å². The predicted octanol–water partition coefficient (Wildman–Crippen LogP) is 5.67. The number of hydrogen-bond donors (Lipinski definition) is 1. The summed E-state index contributed by atoms with van der Waals surface area (Å²) in [4.78, 5) is 28.3. The third kappa shape index (κ3) is 6.93. The van der Waals surface area contributed by atoms with Gasteiger partial charge in [0.05, 0.1) is 10.6 Å². The number of hydrogen-bond acceptors (Lipinski definition) is 4. The van der Waals surface area contributed by atoms with Gasteiger partial charge in [0.1, 0.15) is 12.6 Å². The van der Waals surface area contributed by atoms with Gasteiger partial charge in [0.25, 0.3) is 10.0 Å². The lowest BCUT2D eigenvalue weighted by molar-refractivity contribution is -0.140. The van der Waals surface area contributed by atoms with Crippen LogP contribution in [0.4, 0.5) is 5.69 Å². The Kier molecular flexibility index (Phi) is 10.0. The monoisotopic (exact) mass is 589 g/mol. The van der Waals surface area contributed by atoms with Crippen LogP contribution < -0.4 is 9.62 Å². The molecule has 0 saturated carbocycles. The highest BCUT2D eigenvalue weighted by Gasteiger charge is 2.34. The molecule has 0 aliphatic carbocycles. The van der Waals surface area contributed by atoms with Crippen molar-refractivity contribution in [2.24, 2.45) is 0 Å². The lowest BCUT2D eigenvalue weighted by Crippen LogP contribution is -2.52. The zero-order chi connectivity index (χ0) is 28.9. The maximum absolute atomic E-state index is 14.1. The number of aryl methyl sites for hydroxylation is 3. The van der Waals surface area contributed by atoms with E-state index in [9.17, 15) is 18.0 Å². The lowest BCUT2D eigenvalue weighted by Gasteiger charge is -2.33. The maximum atomic E-state index is 14.1. The summed E-state index contributed by atoms with van der Waals surface area (Å²) in [6, 6.07) is 16.0. The molecule has 39 heavy (non-hydrogen) atoms. The molecule has 0 aliphatic heterocycles. The molecule has 7 nitrogen and oxygen atoms in total. The summed E-state index contributed by atoms with van der Waals surface area (Å²) in [6.07, 6.45) is 0.293. The molecule has 0 heterocycles. The number of rotatable bonds is 10. The average molecular weight is 591 g/mol. The molecule has 0 aromatic heterocycles. The first-order chi connectivity index (χ1) is 18.4. The van der Waals surface area contributed by atoms with Crippen molar-refractivity contribution in [2.75, 3.05) is 17.9 Å². The summed E-state index contributed by atoms with van der Waals surface area (Å²) in [5.74, 6) is -0.952. The molecule has 208 valence electrons. The Morgan fingerprint density at radius 1 is 0.923 bits per heavy atom. The number of carbonyl (C=O) groups is 2. The molecule has 3 aromatic carbocycles. The highest BCUT2D eigenvalue weighted by molar-refractivity contribution is 7.92. The molecule has 0 fully saturated rings. The summed E-state index contributed by atoms with van der Waals surface area (Å²) >= 11 is 12.8. The van der Waals surface area contributed by atoms with Crippen LogP contribution in [0.15, 0.2) is 65.6 Å². The summed E-state index contributed by atoms with van der Waals surface area (Å²) in [5.41, 5.74) is 3.28. The fraction of sp³-hybridized carbons (Fsp3) is 0.310. The van der Waals surface area contributed by atoms with Crippen molar-refractivity contribution in [1.82, 2.24) is 10.2 Å². The summed E-state index contributed by atoms with van der Waals surface area (Å²) in [6.45, 7) is 6.68. The molecule has 10 heteroatoms. The molecule has 2 amide bonds. The zero-order valence-electron chi connectivity index (χ0n) is 22.7. The van der Waals surface area contributed by atoms with E-state index < -0.39 is 28.5 Å². The van der Waals surface area contributed by atoms with Gasteiger partial charge in [-0.25, -0.2) is 8.42 Å². The van der Waals surface area contributed by atoms with Crippen LogP contribution in [-0.4, -0.2) is 44.8 Å². The minimum Gasteiger partial charge on any atom is -0.357 e. The number of sulfonamides is 1. The lowest BCUT2D eigenvalue weighted by atomic mass is 10.1. The second-order valence-electron chi connectivity index (χ2n) is 9.37. The standard InChI is InChI=1S/C29H33Cl2N3O4S/c1-6-26(29(36)32-5)33(17-23-24(30)8-7-9-25(23)31)28(35)18-34(27-16-20(3)10-13-21(27)4)39(37,38)22-14-11-19(2)12-15-22/h7-16,26H,6,17-18H2,1-5H3,(H,32,36)/t26-/m1/s1. The fourth-order valence-electron chi connectivity index (χ4n) is 4.28. The fourth-order valence-corrected chi connectivity index (χ4v) is 6.27. The summed E-state index contributed by atoms with van der Waals surface area (Å²) in [5, 5.41) is 3.28. The highest BCUT2D eigenvalue weighted by Crippen LogP contribution is 2.30. The first-order valence-electron chi connectivity index (χ1n) is 12.5. The second-order valence-corrected chi connectivity index (χ2v) is 12.1. The number of halogens is 2. The van der Waals surface area contributed by atoms with Gasteiger partial charge in [-0.1, -0.05) is 66.0 Å². The van der Waals surface area contributed by atoms with Crippen molar-refractivity contribution in [3.8, 4) is 0 Å². The van der Waals surface area contributed by atoms with Crippen molar-refractivity contribution in [1.29, 1.82) is 0 Å². The van der Waals surface area contributed by atoms with Gasteiger partial charge in [0, 0.05) is 29.2 Å². The van der Waals surface area contributed by atoms with Crippen LogP contribution >= 0.6 is 23.2 Å². The first kappa shape index (κ1) is 30.5. The Morgan fingerprint density at radius 2 is 1.51 bits per heavy atom. The normalized spacial score (nSPS) is 12.1. The van der Waals surface area contributed by atoms with E-state index in [2.05, 4.69) is 5.32 Å². The van der Waals surface area contributed by atoms with Gasteiger partial charge in [-0.15, -0.1) is 0 Å². The van der Waals surface area contributed by atoms with Crippen molar-refractivity contribution in [2.45, 2.75) is 51.6 Å². The number of nitrogens with zero attached hydrogens (tertiary/aromatic N) is 2. The number of benzene rings is 3. The van der Waals surface area contributed by atoms with Crippen LogP contribution in [0, 0.1) is 20.8 Å². The molecule has 0 radical (unpaired) electrons. The molecular formula is C29H33Cl2N3O4S. The van der Waals surface area contributed by atoms with E-state index in [0.29, 0.717) is 33.3 Å². The van der Waals surface area contributed by atoms with Gasteiger partial charge >= 0.3 is 0 Å². The summed E-state index contributed by atoms with van der Waals surface area (Å²) in [7, 11) is -2.67. The molecule has 0 saturated heterocycles. The summed E-state index contributed by atoms with van der Waals surface area (Å²) < 4.78 is 29.1. The first-order valence-corrected chi connectivity index (χ1v) is 14.7. The molecule has 0 aliphatic rings. The Labute approximate surface area is 240 Å². The van der Waals surface area contributed by atoms with Gasteiger partial charge < -0.3 is 10.2 Å². The van der Waals surface area contributed by atoms with Gasteiger partial charge in [-0.05, 0) is 68.7 Å². The molecule has 0 unspecified atom stereocenters. The van der Waals surface area contributed by atoms with Gasteiger partial charge in [-0.2, -0.15) is 0 Å². The van der Waals surface area contributed by atoms with E-state index in [1.165, 1.54) is 24.1 Å². The number of likely N-dealkylation sites (N-methyl/N-ethyl adjacent to an activating group) is 1. The molecule has 1 atom stereocenters. The molecular weight excluding hydrogens is 557 g/mol. The van der Waals surface area contributed by atoms with E-state index in [1.54, 1.807) is 50.2 Å².